The van der Waals surface area contributed by atoms with Crippen LogP contribution >= 0.6 is 0 Å². The second-order valence-corrected chi connectivity index (χ2v) is 20.1. The average Bonchev–Trinajstić information content (AvgIpc) is 3.28. The molecule has 2 unspecified atom stereocenters. The molecule has 0 aliphatic rings. The zero-order chi connectivity index (χ0) is 44.9. The van der Waals surface area contributed by atoms with Crippen molar-refractivity contribution < 1.29 is 15.0 Å². The lowest BCUT2D eigenvalue weighted by Gasteiger charge is -2.22. The van der Waals surface area contributed by atoms with Gasteiger partial charge >= 0.3 is 0 Å². The van der Waals surface area contributed by atoms with Crippen LogP contribution in [0.5, 0.6) is 0 Å². The van der Waals surface area contributed by atoms with E-state index in [4.69, 9.17) is 0 Å². The third kappa shape index (κ3) is 50.1. The fourth-order valence-electron chi connectivity index (χ4n) is 9.36. The SMILES string of the molecule is CCCCCCCCCCCCCC/C=C\CCCCCCCCCCCCCCCCC(=O)NC(CO)C(O)CCCCCCCCCCCCCCCCCCCCCC. The van der Waals surface area contributed by atoms with Gasteiger partial charge in [0, 0.05) is 6.42 Å². The summed E-state index contributed by atoms with van der Waals surface area (Å²) in [4.78, 5) is 12.5. The molecule has 4 nitrogen and oxygen atoms in total. The van der Waals surface area contributed by atoms with Gasteiger partial charge in [0.2, 0.25) is 5.91 Å². The monoisotopic (exact) mass is 874 g/mol. The third-order valence-corrected chi connectivity index (χ3v) is 13.8. The molecule has 0 aromatic rings. The van der Waals surface area contributed by atoms with E-state index in [0.29, 0.717) is 12.8 Å². The number of rotatable bonds is 54. The van der Waals surface area contributed by atoms with Crippen LogP contribution in [0.4, 0.5) is 0 Å². The zero-order valence-corrected chi connectivity index (χ0v) is 42.7. The number of unbranched alkanes of at least 4 members (excludes halogenated alkanes) is 45. The Kier molecular flexibility index (Phi) is 53.7. The molecule has 2 atom stereocenters. The number of allylic oxidation sites excluding steroid dienone is 2. The molecule has 0 fully saturated rings. The minimum atomic E-state index is -0.657. The van der Waals surface area contributed by atoms with Crippen molar-refractivity contribution >= 4 is 5.91 Å². The van der Waals surface area contributed by atoms with Crippen LogP contribution in [0.25, 0.3) is 0 Å². The van der Waals surface area contributed by atoms with Crippen molar-refractivity contribution in [2.75, 3.05) is 6.61 Å². The van der Waals surface area contributed by atoms with Crippen molar-refractivity contribution in [3.05, 3.63) is 12.2 Å². The average molecular weight is 875 g/mol. The summed E-state index contributed by atoms with van der Waals surface area (Å²) in [6.07, 6.45) is 70.6. The van der Waals surface area contributed by atoms with Crippen LogP contribution in [0.1, 0.15) is 335 Å². The van der Waals surface area contributed by atoms with E-state index in [2.05, 4.69) is 31.3 Å². The number of hydrogen-bond acceptors (Lipinski definition) is 3. The Morgan fingerprint density at radius 2 is 0.613 bits per heavy atom. The Hall–Kier alpha value is -0.870. The molecular weight excluding hydrogens is 759 g/mol. The van der Waals surface area contributed by atoms with E-state index in [9.17, 15) is 15.0 Å². The number of aliphatic hydroxyl groups excluding tert-OH is 2. The summed E-state index contributed by atoms with van der Waals surface area (Å²) in [5.41, 5.74) is 0. The van der Waals surface area contributed by atoms with Gasteiger partial charge in [-0.1, -0.05) is 302 Å². The molecule has 370 valence electrons. The number of carbonyl (C=O) groups is 1. The van der Waals surface area contributed by atoms with E-state index < -0.39 is 12.1 Å². The molecule has 0 aromatic heterocycles. The summed E-state index contributed by atoms with van der Waals surface area (Å²) in [5, 5.41) is 23.3. The van der Waals surface area contributed by atoms with Crippen molar-refractivity contribution in [3.63, 3.8) is 0 Å². The molecule has 0 heterocycles. The van der Waals surface area contributed by atoms with Crippen LogP contribution in [-0.2, 0) is 4.79 Å². The zero-order valence-electron chi connectivity index (χ0n) is 42.7. The molecular formula is C58H115NO3. The van der Waals surface area contributed by atoms with E-state index >= 15 is 0 Å². The third-order valence-electron chi connectivity index (χ3n) is 13.8. The lowest BCUT2D eigenvalue weighted by Crippen LogP contribution is -2.45. The highest BCUT2D eigenvalue weighted by Gasteiger charge is 2.20. The van der Waals surface area contributed by atoms with E-state index in [1.165, 1.54) is 283 Å². The fraction of sp³-hybridized carbons (Fsp3) is 0.948. The number of nitrogens with one attached hydrogen (secondary N) is 1. The Labute approximate surface area is 390 Å². The Morgan fingerprint density at radius 1 is 0.371 bits per heavy atom. The number of aliphatic hydroxyl groups is 2. The lowest BCUT2D eigenvalue weighted by molar-refractivity contribution is -0.123. The lowest BCUT2D eigenvalue weighted by atomic mass is 10.0. The molecule has 0 spiro atoms. The van der Waals surface area contributed by atoms with Crippen LogP contribution in [0.3, 0.4) is 0 Å². The van der Waals surface area contributed by atoms with Crippen molar-refractivity contribution in [2.24, 2.45) is 0 Å². The van der Waals surface area contributed by atoms with Gasteiger partial charge in [-0.3, -0.25) is 4.79 Å². The summed E-state index contributed by atoms with van der Waals surface area (Å²) >= 11 is 0. The van der Waals surface area contributed by atoms with Gasteiger partial charge in [0.05, 0.1) is 18.8 Å². The molecule has 3 N–H and O–H groups in total. The quantitative estimate of drug-likeness (QED) is 0.0421. The van der Waals surface area contributed by atoms with Gasteiger partial charge in [-0.2, -0.15) is 0 Å². The standard InChI is InChI=1S/C58H115NO3/c1-3-5-7-9-11-13-15-17-19-21-23-25-26-27-28-29-30-31-32-33-34-36-38-40-42-44-46-48-50-52-54-58(62)59-56(55-60)57(61)53-51-49-47-45-43-41-39-37-35-24-22-20-18-16-14-12-10-8-6-4-2/h27-28,56-57,60-61H,3-26,29-55H2,1-2H3,(H,59,62)/b28-27-. The molecule has 0 saturated carbocycles. The molecule has 0 rings (SSSR count). The summed E-state index contributed by atoms with van der Waals surface area (Å²) in [5.74, 6) is -0.0244. The summed E-state index contributed by atoms with van der Waals surface area (Å²) in [6, 6.07) is -0.534. The van der Waals surface area contributed by atoms with Crippen LogP contribution in [-0.4, -0.2) is 34.9 Å². The smallest absolute Gasteiger partial charge is 0.220 e. The maximum atomic E-state index is 12.5. The Morgan fingerprint density at radius 3 is 0.887 bits per heavy atom. The Balaban J connectivity index is 3.41. The van der Waals surface area contributed by atoms with Gasteiger partial charge in [0.15, 0.2) is 0 Å². The van der Waals surface area contributed by atoms with Crippen LogP contribution < -0.4 is 5.32 Å². The molecule has 0 saturated heterocycles. The van der Waals surface area contributed by atoms with Gasteiger partial charge in [-0.15, -0.1) is 0 Å². The van der Waals surface area contributed by atoms with Gasteiger partial charge in [0.25, 0.3) is 0 Å². The summed E-state index contributed by atoms with van der Waals surface area (Å²) in [6.45, 7) is 4.40. The topological polar surface area (TPSA) is 69.6 Å². The van der Waals surface area contributed by atoms with E-state index in [1.54, 1.807) is 0 Å². The molecule has 0 aliphatic carbocycles. The molecule has 0 radical (unpaired) electrons. The Bertz CT molecular complexity index is 860. The maximum Gasteiger partial charge on any atom is 0.220 e. The first-order valence-corrected chi connectivity index (χ1v) is 28.9. The van der Waals surface area contributed by atoms with Crippen molar-refractivity contribution in [1.82, 2.24) is 5.32 Å². The van der Waals surface area contributed by atoms with E-state index in [0.717, 1.165) is 25.7 Å². The second kappa shape index (κ2) is 54.5. The number of amides is 1. The predicted octanol–water partition coefficient (Wildman–Crippen LogP) is 18.9. The van der Waals surface area contributed by atoms with Crippen molar-refractivity contribution in [1.29, 1.82) is 0 Å². The first kappa shape index (κ1) is 61.1. The van der Waals surface area contributed by atoms with Gasteiger partial charge < -0.3 is 15.5 Å². The molecule has 0 aliphatic heterocycles. The molecule has 4 heteroatoms. The van der Waals surface area contributed by atoms with Crippen LogP contribution in [0, 0.1) is 0 Å². The van der Waals surface area contributed by atoms with E-state index in [1.807, 2.05) is 0 Å². The minimum absolute atomic E-state index is 0.0244. The summed E-state index contributed by atoms with van der Waals surface area (Å²) < 4.78 is 0. The number of carbonyl (C=O) groups excluding carboxylic acids is 1. The maximum absolute atomic E-state index is 12.5. The van der Waals surface area contributed by atoms with E-state index in [-0.39, 0.29) is 12.5 Å². The van der Waals surface area contributed by atoms with Crippen molar-refractivity contribution in [3.8, 4) is 0 Å². The highest BCUT2D eigenvalue weighted by molar-refractivity contribution is 5.76. The molecule has 1 amide bonds. The molecule has 62 heavy (non-hydrogen) atoms. The first-order chi connectivity index (χ1) is 30.7. The highest BCUT2D eigenvalue weighted by Crippen LogP contribution is 2.18. The first-order valence-electron chi connectivity index (χ1n) is 28.9. The van der Waals surface area contributed by atoms with Gasteiger partial charge in [-0.05, 0) is 38.5 Å². The summed E-state index contributed by atoms with van der Waals surface area (Å²) in [7, 11) is 0. The van der Waals surface area contributed by atoms with Crippen LogP contribution in [0.2, 0.25) is 0 Å². The second-order valence-electron chi connectivity index (χ2n) is 20.1. The number of hydrogen-bond donors (Lipinski definition) is 3. The molecule has 0 aromatic carbocycles. The largest absolute Gasteiger partial charge is 0.394 e. The minimum Gasteiger partial charge on any atom is -0.394 e. The normalized spacial score (nSPS) is 12.8. The molecule has 0 bridgehead atoms. The van der Waals surface area contributed by atoms with Gasteiger partial charge in [0.1, 0.15) is 0 Å². The predicted molar refractivity (Wildman–Crippen MR) is 276 cm³/mol. The van der Waals surface area contributed by atoms with Crippen LogP contribution in [0.15, 0.2) is 12.2 Å². The van der Waals surface area contributed by atoms with Gasteiger partial charge in [-0.25, -0.2) is 0 Å². The fourth-order valence-corrected chi connectivity index (χ4v) is 9.36. The van der Waals surface area contributed by atoms with Crippen molar-refractivity contribution in [2.45, 2.75) is 347 Å². The highest BCUT2D eigenvalue weighted by atomic mass is 16.3.